The molecule has 0 spiro atoms. The molecule has 10 nitrogen and oxygen atoms in total. The number of hydrogen-bond donors (Lipinski definition) is 4. The van der Waals surface area contributed by atoms with Crippen LogP contribution < -0.4 is 11.1 Å². The van der Waals surface area contributed by atoms with Gasteiger partial charge in [0.15, 0.2) is 5.82 Å². The van der Waals surface area contributed by atoms with Crippen LogP contribution in [-0.4, -0.2) is 46.4 Å². The van der Waals surface area contributed by atoms with E-state index in [-0.39, 0.29) is 5.96 Å². The van der Waals surface area contributed by atoms with Gasteiger partial charge in [0.25, 0.3) is 0 Å². The Morgan fingerprint density at radius 3 is 3.11 bits per heavy atom. The van der Waals surface area contributed by atoms with Crippen molar-refractivity contribution in [1.29, 1.82) is 0 Å². The van der Waals surface area contributed by atoms with Gasteiger partial charge in [-0.25, -0.2) is 9.27 Å². The lowest BCUT2D eigenvalue weighted by Gasteiger charge is -2.03. The van der Waals surface area contributed by atoms with Crippen LogP contribution in [0.5, 0.6) is 0 Å². The highest BCUT2D eigenvalue weighted by atomic mass is 32.3. The molecule has 1 rings (SSSR count). The van der Waals surface area contributed by atoms with E-state index in [1.165, 1.54) is 6.33 Å². The second-order valence-electron chi connectivity index (χ2n) is 2.87. The first-order valence-corrected chi connectivity index (χ1v) is 7.15. The number of guanidine groups is 1. The van der Waals surface area contributed by atoms with Crippen LogP contribution in [0.4, 0.5) is 0 Å². The summed E-state index contributed by atoms with van der Waals surface area (Å²) in [5.41, 5.74) is 5.26. The van der Waals surface area contributed by atoms with E-state index in [2.05, 4.69) is 29.9 Å². The highest BCUT2D eigenvalue weighted by Crippen LogP contribution is 2.05. The lowest BCUT2D eigenvalue weighted by atomic mass is 10.7. The number of H-pyrrole nitrogens is 1. The third kappa shape index (κ3) is 6.93. The molecule has 1 aromatic rings. The van der Waals surface area contributed by atoms with Crippen molar-refractivity contribution in [1.82, 2.24) is 20.5 Å². The van der Waals surface area contributed by atoms with E-state index in [9.17, 15) is 8.42 Å². The van der Waals surface area contributed by atoms with Gasteiger partial charge >= 0.3 is 10.4 Å². The van der Waals surface area contributed by atoms with Crippen molar-refractivity contribution in [3.05, 3.63) is 12.2 Å². The summed E-state index contributed by atoms with van der Waals surface area (Å²) >= 11 is 1.55. The molecule has 12 heteroatoms. The Morgan fingerprint density at radius 1 is 1.72 bits per heavy atom. The third-order valence-corrected chi connectivity index (χ3v) is 2.70. The molecule has 0 saturated heterocycles. The first kappa shape index (κ1) is 14.5. The van der Waals surface area contributed by atoms with Crippen LogP contribution in [0.25, 0.3) is 0 Å². The van der Waals surface area contributed by atoms with Gasteiger partial charge in [0, 0.05) is 12.3 Å². The number of nitrogens with one attached hydrogen (secondary N) is 2. The molecule has 5 N–H and O–H groups in total. The number of oxime groups is 1. The molecular weight excluding hydrogens is 284 g/mol. The van der Waals surface area contributed by atoms with Crippen LogP contribution in [0.2, 0.25) is 0 Å². The summed E-state index contributed by atoms with van der Waals surface area (Å²) in [5.74, 6) is 1.77. The summed E-state index contributed by atoms with van der Waals surface area (Å²) in [6, 6.07) is 0. The predicted octanol–water partition coefficient (Wildman–Crippen LogP) is -1.32. The van der Waals surface area contributed by atoms with Crippen molar-refractivity contribution in [2.75, 3.05) is 12.3 Å². The van der Waals surface area contributed by atoms with Crippen molar-refractivity contribution in [3.8, 4) is 0 Å². The monoisotopic (exact) mass is 296 g/mol. The van der Waals surface area contributed by atoms with E-state index in [1.54, 1.807) is 11.8 Å². The van der Waals surface area contributed by atoms with Crippen molar-refractivity contribution < 1.29 is 17.3 Å². The molecule has 1 aromatic heterocycles. The van der Waals surface area contributed by atoms with Gasteiger partial charge in [-0.05, 0) is 5.16 Å². The lowest BCUT2D eigenvalue weighted by Crippen LogP contribution is -2.33. The molecule has 18 heavy (non-hydrogen) atoms. The molecule has 0 saturated carbocycles. The molecule has 0 unspecified atom stereocenters. The van der Waals surface area contributed by atoms with Crippen LogP contribution in [0, 0.1) is 0 Å². The molecular formula is C6H12N6O4S2. The maximum atomic E-state index is 10.2. The van der Waals surface area contributed by atoms with Gasteiger partial charge < -0.3 is 11.1 Å². The zero-order valence-corrected chi connectivity index (χ0v) is 10.7. The Labute approximate surface area is 107 Å². The molecule has 0 bridgehead atoms. The number of rotatable bonds is 7. The number of thioether (sulfide) groups is 1. The first-order valence-electron chi connectivity index (χ1n) is 4.63. The number of aromatic amines is 1. The smallest absolute Gasteiger partial charge is 0.367 e. The van der Waals surface area contributed by atoms with E-state index in [4.69, 9.17) is 10.3 Å². The molecule has 0 atom stereocenters. The maximum absolute atomic E-state index is 10.2. The van der Waals surface area contributed by atoms with Crippen LogP contribution in [0.15, 0.2) is 11.5 Å². The average molecular weight is 296 g/mol. The van der Waals surface area contributed by atoms with Crippen molar-refractivity contribution in [2.45, 2.75) is 5.75 Å². The Bertz CT molecular complexity index is 472. The molecule has 0 aromatic carbocycles. The fourth-order valence-electron chi connectivity index (χ4n) is 0.839. The summed E-state index contributed by atoms with van der Waals surface area (Å²) in [6.07, 6.45) is 1.49. The molecule has 0 aliphatic heterocycles. The van der Waals surface area contributed by atoms with Crippen LogP contribution >= 0.6 is 11.8 Å². The zero-order valence-electron chi connectivity index (χ0n) is 9.11. The van der Waals surface area contributed by atoms with Crippen LogP contribution in [0.3, 0.4) is 0 Å². The highest BCUT2D eigenvalue weighted by Gasteiger charge is 2.03. The van der Waals surface area contributed by atoms with Crippen molar-refractivity contribution in [3.63, 3.8) is 0 Å². The minimum Gasteiger partial charge on any atom is -0.367 e. The molecule has 0 aliphatic carbocycles. The van der Waals surface area contributed by atoms with E-state index in [1.807, 2.05) is 0 Å². The fraction of sp³-hybridized carbons (Fsp3) is 0.500. The van der Waals surface area contributed by atoms with Crippen LogP contribution in [0.1, 0.15) is 5.82 Å². The second-order valence-corrected chi connectivity index (χ2v) is 4.98. The van der Waals surface area contributed by atoms with Gasteiger partial charge in [0.05, 0.1) is 5.75 Å². The summed E-state index contributed by atoms with van der Waals surface area (Å²) in [7, 11) is -4.62. The normalized spacial score (nSPS) is 12.4. The minimum atomic E-state index is -4.62. The molecule has 0 fully saturated rings. The molecule has 102 valence electrons. The van der Waals surface area contributed by atoms with E-state index < -0.39 is 10.4 Å². The van der Waals surface area contributed by atoms with E-state index in [0.717, 1.165) is 0 Å². The fourth-order valence-corrected chi connectivity index (χ4v) is 1.73. The largest absolute Gasteiger partial charge is 0.466 e. The quantitative estimate of drug-likeness (QED) is 0.157. The molecule has 0 amide bonds. The van der Waals surface area contributed by atoms with E-state index in [0.29, 0.717) is 23.9 Å². The summed E-state index contributed by atoms with van der Waals surface area (Å²) in [6.45, 7) is 0.444. The van der Waals surface area contributed by atoms with Gasteiger partial charge in [0.1, 0.15) is 6.33 Å². The van der Waals surface area contributed by atoms with Crippen molar-refractivity contribution >= 4 is 28.1 Å². The Kier molecular flexibility index (Phi) is 5.67. The zero-order chi connectivity index (χ0) is 13.4. The lowest BCUT2D eigenvalue weighted by molar-refractivity contribution is 0.280. The minimum absolute atomic E-state index is 0.244. The number of hydrogen-bond acceptors (Lipinski definition) is 7. The van der Waals surface area contributed by atoms with Crippen LogP contribution in [-0.2, 0) is 20.4 Å². The second kappa shape index (κ2) is 7.03. The predicted molar refractivity (Wildman–Crippen MR) is 64.8 cm³/mol. The number of nitrogens with zero attached hydrogens (tertiary/aromatic N) is 3. The topological polar surface area (TPSA) is 156 Å². The van der Waals surface area contributed by atoms with Gasteiger partial charge in [-0.2, -0.15) is 25.3 Å². The third-order valence-electron chi connectivity index (χ3n) is 1.48. The highest BCUT2D eigenvalue weighted by molar-refractivity contribution is 7.98. The molecule has 0 aliphatic rings. The molecule has 1 heterocycles. The number of aromatic nitrogens is 3. The number of nitrogens with two attached hydrogens (primary N) is 1. The summed E-state index contributed by atoms with van der Waals surface area (Å²) in [5, 5.41) is 12.0. The molecule has 0 radical (unpaired) electrons. The van der Waals surface area contributed by atoms with Gasteiger partial charge in [-0.15, -0.1) is 0 Å². The first-order chi connectivity index (χ1) is 8.47. The van der Waals surface area contributed by atoms with E-state index >= 15 is 0 Å². The Hall–Kier alpha value is -1.53. The SMILES string of the molecule is NC(=NOS(=O)(=O)O)NCCSCc1nc[nH]n1. The van der Waals surface area contributed by atoms with Gasteiger partial charge in [-0.3, -0.25) is 9.65 Å². The Morgan fingerprint density at radius 2 is 2.50 bits per heavy atom. The van der Waals surface area contributed by atoms with Gasteiger partial charge in [-0.1, -0.05) is 0 Å². The van der Waals surface area contributed by atoms with Crippen molar-refractivity contribution in [2.24, 2.45) is 10.9 Å². The average Bonchev–Trinajstić information content (AvgIpc) is 2.78. The standard InChI is InChI=1S/C6H12N6O4S2/c7-6(12-16-18(13,14)15)8-1-2-17-3-5-9-4-10-11-5/h4H,1-3H2,(H3,7,8,12)(H,9,10,11)(H,13,14,15). The Balaban J connectivity index is 2.10. The van der Waals surface area contributed by atoms with Gasteiger partial charge in [0.2, 0.25) is 5.96 Å². The maximum Gasteiger partial charge on any atom is 0.466 e. The summed E-state index contributed by atoms with van der Waals surface area (Å²) < 4.78 is 32.3. The summed E-state index contributed by atoms with van der Waals surface area (Å²) in [4.78, 5) is 3.93.